The molecule has 1 rings (SSSR count). The van der Waals surface area contributed by atoms with Gasteiger partial charge in [0.05, 0.1) is 5.69 Å². The monoisotopic (exact) mass is 174 g/mol. The molecule has 0 unspecified atom stereocenters. The summed E-state index contributed by atoms with van der Waals surface area (Å²) in [5, 5.41) is 1.76. The second-order valence-electron chi connectivity index (χ2n) is 1.97. The first-order valence-corrected chi connectivity index (χ1v) is 2.93. The first-order valence-electron chi connectivity index (χ1n) is 2.93. The summed E-state index contributed by atoms with van der Waals surface area (Å²) >= 11 is 0. The molecule has 0 aliphatic heterocycles. The summed E-state index contributed by atoms with van der Waals surface area (Å²) in [5.41, 5.74) is -0.441. The summed E-state index contributed by atoms with van der Waals surface area (Å²) in [6.45, 7) is 0. The van der Waals surface area contributed by atoms with Gasteiger partial charge in [0, 0.05) is 12.1 Å². The van der Waals surface area contributed by atoms with Crippen LogP contribution in [0.3, 0.4) is 0 Å². The number of hydrogen-bond donors (Lipinski definition) is 1. The Bertz CT molecular complexity index is 314. The van der Waals surface area contributed by atoms with Crippen molar-refractivity contribution in [1.29, 1.82) is 0 Å². The Morgan fingerprint density at radius 2 is 1.67 bits per heavy atom. The number of carbonyl (C=O) groups excluding carboxylic acids is 1. The van der Waals surface area contributed by atoms with E-state index in [0.717, 1.165) is 6.41 Å². The maximum atomic E-state index is 12.6. The molecule has 0 saturated carbocycles. The molecule has 0 bridgehead atoms. The second kappa shape index (κ2) is 3.25. The summed E-state index contributed by atoms with van der Waals surface area (Å²) in [6, 6.07) is 0.880. The average Bonchev–Trinajstić information content (AvgIpc) is 2.01. The summed E-state index contributed by atoms with van der Waals surface area (Å²) in [7, 11) is 0. The molecule has 63 valence electrons. The molecule has 5 heteroatoms. The van der Waals surface area contributed by atoms with Crippen LogP contribution in [0.15, 0.2) is 12.1 Å². The summed E-state index contributed by atoms with van der Waals surface area (Å²) in [5.74, 6) is -3.57. The molecule has 12 heavy (non-hydrogen) atoms. The van der Waals surface area contributed by atoms with E-state index in [0.29, 0.717) is 12.1 Å². The largest absolute Gasteiger partial charge is 0.315 e. The molecule has 0 fully saturated rings. The van der Waals surface area contributed by atoms with E-state index in [-0.39, 0.29) is 0 Å². The molecular formula is C7H3F3NO. The number of benzene rings is 1. The van der Waals surface area contributed by atoms with Gasteiger partial charge in [0.2, 0.25) is 0 Å². The molecule has 1 aromatic rings. The van der Waals surface area contributed by atoms with E-state index < -0.39 is 23.1 Å². The van der Waals surface area contributed by atoms with Crippen LogP contribution in [0.25, 0.3) is 0 Å². The Balaban J connectivity index is 3.13. The fourth-order valence-corrected chi connectivity index (χ4v) is 0.673. The summed E-state index contributed by atoms with van der Waals surface area (Å²) in [6.07, 6.45) is 1.14. The van der Waals surface area contributed by atoms with Gasteiger partial charge in [-0.1, -0.05) is 0 Å². The average molecular weight is 174 g/mol. The minimum atomic E-state index is -1.30. The molecule has 1 radical (unpaired) electrons. The Labute approximate surface area is 66.0 Å². The van der Waals surface area contributed by atoms with Crippen molar-refractivity contribution >= 4 is 12.1 Å². The topological polar surface area (TPSA) is 29.1 Å². The number of hydrogen-bond acceptors (Lipinski definition) is 1. The molecule has 1 aromatic carbocycles. The minimum Gasteiger partial charge on any atom is -0.315 e. The van der Waals surface area contributed by atoms with Crippen molar-refractivity contribution in [2.24, 2.45) is 0 Å². The molecular weight excluding hydrogens is 171 g/mol. The Morgan fingerprint density at radius 3 is 2.25 bits per heavy atom. The van der Waals surface area contributed by atoms with Crippen molar-refractivity contribution in [3.05, 3.63) is 29.6 Å². The van der Waals surface area contributed by atoms with Gasteiger partial charge in [-0.3, -0.25) is 4.79 Å². The fourth-order valence-electron chi connectivity index (χ4n) is 0.673. The lowest BCUT2D eigenvalue weighted by atomic mass is 10.3. The normalized spacial score (nSPS) is 9.58. The summed E-state index contributed by atoms with van der Waals surface area (Å²) in [4.78, 5) is 9.70. The van der Waals surface area contributed by atoms with E-state index in [1.54, 1.807) is 5.32 Å². The van der Waals surface area contributed by atoms with Crippen LogP contribution in [0.5, 0.6) is 0 Å². The van der Waals surface area contributed by atoms with Crippen LogP contribution in [0.1, 0.15) is 0 Å². The Morgan fingerprint density at radius 1 is 1.08 bits per heavy atom. The SMILES string of the molecule is O=[C]Nc1cc(F)c(F)cc1F. The lowest BCUT2D eigenvalue weighted by Gasteiger charge is -2.00. The van der Waals surface area contributed by atoms with Crippen molar-refractivity contribution in [1.82, 2.24) is 0 Å². The van der Waals surface area contributed by atoms with E-state index in [2.05, 4.69) is 0 Å². The molecule has 1 amide bonds. The highest BCUT2D eigenvalue weighted by molar-refractivity contribution is 5.71. The van der Waals surface area contributed by atoms with Crippen molar-refractivity contribution < 1.29 is 18.0 Å². The lowest BCUT2D eigenvalue weighted by Crippen LogP contribution is -1.99. The number of amides is 1. The smallest absolute Gasteiger partial charge is 0.314 e. The van der Waals surface area contributed by atoms with E-state index in [4.69, 9.17) is 0 Å². The number of rotatable bonds is 2. The predicted octanol–water partition coefficient (Wildman–Crippen LogP) is 1.58. The fraction of sp³-hybridized carbons (Fsp3) is 0. The highest BCUT2D eigenvalue weighted by Crippen LogP contribution is 2.17. The summed E-state index contributed by atoms with van der Waals surface area (Å²) < 4.78 is 37.2. The molecule has 0 aromatic heterocycles. The van der Waals surface area contributed by atoms with Crippen LogP contribution < -0.4 is 5.32 Å². The number of halogens is 3. The van der Waals surface area contributed by atoms with Gasteiger partial charge >= 0.3 is 6.41 Å². The first kappa shape index (κ1) is 8.58. The molecule has 1 N–H and O–H groups in total. The Hall–Kier alpha value is -1.52. The van der Waals surface area contributed by atoms with Gasteiger partial charge in [0.15, 0.2) is 11.6 Å². The molecule has 0 heterocycles. The molecule has 0 spiro atoms. The van der Waals surface area contributed by atoms with Crippen LogP contribution in [0.4, 0.5) is 18.9 Å². The van der Waals surface area contributed by atoms with Gasteiger partial charge in [0.1, 0.15) is 5.82 Å². The second-order valence-corrected chi connectivity index (χ2v) is 1.97. The quantitative estimate of drug-likeness (QED) is 0.535. The zero-order chi connectivity index (χ0) is 9.14. The van der Waals surface area contributed by atoms with Crippen LogP contribution >= 0.6 is 0 Å². The lowest BCUT2D eigenvalue weighted by molar-refractivity contribution is 0.496. The number of nitrogens with one attached hydrogen (secondary N) is 1. The molecule has 0 aliphatic carbocycles. The van der Waals surface area contributed by atoms with E-state index >= 15 is 0 Å². The van der Waals surface area contributed by atoms with Crippen molar-refractivity contribution in [2.45, 2.75) is 0 Å². The third kappa shape index (κ3) is 1.55. The van der Waals surface area contributed by atoms with Crippen LogP contribution in [-0.4, -0.2) is 6.41 Å². The molecule has 0 saturated heterocycles. The van der Waals surface area contributed by atoms with Gasteiger partial charge in [-0.15, -0.1) is 0 Å². The van der Waals surface area contributed by atoms with Crippen LogP contribution in [0, 0.1) is 17.5 Å². The van der Waals surface area contributed by atoms with Gasteiger partial charge < -0.3 is 5.32 Å². The maximum absolute atomic E-state index is 12.6. The third-order valence-electron chi connectivity index (χ3n) is 1.20. The zero-order valence-corrected chi connectivity index (χ0v) is 5.70. The predicted molar refractivity (Wildman–Crippen MR) is 35.6 cm³/mol. The van der Waals surface area contributed by atoms with E-state index in [1.165, 1.54) is 0 Å². The minimum absolute atomic E-state index is 0.342. The molecule has 0 aliphatic rings. The third-order valence-corrected chi connectivity index (χ3v) is 1.20. The van der Waals surface area contributed by atoms with Crippen LogP contribution in [-0.2, 0) is 4.79 Å². The highest BCUT2D eigenvalue weighted by Gasteiger charge is 2.08. The molecule has 0 atom stereocenters. The van der Waals surface area contributed by atoms with Gasteiger partial charge in [0.25, 0.3) is 0 Å². The van der Waals surface area contributed by atoms with E-state index in [9.17, 15) is 18.0 Å². The number of anilines is 1. The van der Waals surface area contributed by atoms with Crippen LogP contribution in [0.2, 0.25) is 0 Å². The highest BCUT2D eigenvalue weighted by atomic mass is 19.2. The standard InChI is InChI=1S/C7H3F3NO/c8-4-1-6(10)7(11-3-12)2-5(4)9/h1-2H,(H,11,12). The van der Waals surface area contributed by atoms with Gasteiger partial charge in [-0.05, 0) is 0 Å². The zero-order valence-electron chi connectivity index (χ0n) is 5.70. The van der Waals surface area contributed by atoms with Gasteiger partial charge in [-0.2, -0.15) is 0 Å². The van der Waals surface area contributed by atoms with Gasteiger partial charge in [-0.25, -0.2) is 13.2 Å². The molecule has 2 nitrogen and oxygen atoms in total. The maximum Gasteiger partial charge on any atom is 0.314 e. The first-order chi connectivity index (χ1) is 5.65. The van der Waals surface area contributed by atoms with Crippen molar-refractivity contribution in [3.63, 3.8) is 0 Å². The van der Waals surface area contributed by atoms with E-state index in [1.807, 2.05) is 0 Å². The van der Waals surface area contributed by atoms with Crippen molar-refractivity contribution in [2.75, 3.05) is 5.32 Å². The van der Waals surface area contributed by atoms with Crippen molar-refractivity contribution in [3.8, 4) is 0 Å². The Kier molecular flexibility index (Phi) is 2.32.